The van der Waals surface area contributed by atoms with Gasteiger partial charge in [-0.3, -0.25) is 4.79 Å². The van der Waals surface area contributed by atoms with Gasteiger partial charge in [-0.2, -0.15) is 8.78 Å². The van der Waals surface area contributed by atoms with Crippen LogP contribution >= 0.6 is 11.6 Å². The number of amides is 1. The summed E-state index contributed by atoms with van der Waals surface area (Å²) >= 11 is 5.99. The molecular weight excluding hydrogens is 380 g/mol. The standard InChI is InChI=1S/C19H20ClF2NO4/c1-11(2)26-15-7-5-13(20)9-14(15)18(24)23-10-12-4-6-16(27-19(21)22)17(8-12)25-3/h4-9,11,19H,10H2,1-3H3,(H,23,24). The topological polar surface area (TPSA) is 56.8 Å². The van der Waals surface area contributed by atoms with Gasteiger partial charge in [0.15, 0.2) is 11.5 Å². The van der Waals surface area contributed by atoms with Gasteiger partial charge in [-0.1, -0.05) is 17.7 Å². The molecule has 0 fully saturated rings. The maximum Gasteiger partial charge on any atom is 0.387 e. The van der Waals surface area contributed by atoms with Gasteiger partial charge in [0.2, 0.25) is 0 Å². The summed E-state index contributed by atoms with van der Waals surface area (Å²) in [6.45, 7) is 0.904. The van der Waals surface area contributed by atoms with Crippen LogP contribution in [0.3, 0.4) is 0 Å². The van der Waals surface area contributed by atoms with E-state index in [9.17, 15) is 13.6 Å². The maximum absolute atomic E-state index is 12.5. The van der Waals surface area contributed by atoms with Gasteiger partial charge < -0.3 is 19.5 Å². The number of carbonyl (C=O) groups excluding carboxylic acids is 1. The van der Waals surface area contributed by atoms with Crippen molar-refractivity contribution in [3.63, 3.8) is 0 Å². The number of nitrogens with one attached hydrogen (secondary N) is 1. The number of carbonyl (C=O) groups is 1. The molecule has 0 spiro atoms. The first-order valence-corrected chi connectivity index (χ1v) is 8.54. The molecule has 0 radical (unpaired) electrons. The average molecular weight is 400 g/mol. The molecule has 0 aromatic heterocycles. The summed E-state index contributed by atoms with van der Waals surface area (Å²) in [4.78, 5) is 12.5. The van der Waals surface area contributed by atoms with Gasteiger partial charge in [-0.15, -0.1) is 0 Å². The number of hydrogen-bond acceptors (Lipinski definition) is 4. The fraction of sp³-hybridized carbons (Fsp3) is 0.316. The second-order valence-corrected chi connectivity index (χ2v) is 6.29. The SMILES string of the molecule is COc1cc(CNC(=O)c2cc(Cl)ccc2OC(C)C)ccc1OC(F)F. The summed E-state index contributed by atoms with van der Waals surface area (Å²) in [5.74, 6) is 0.115. The highest BCUT2D eigenvalue weighted by Gasteiger charge is 2.15. The van der Waals surface area contributed by atoms with E-state index in [0.29, 0.717) is 21.9 Å². The number of ether oxygens (including phenoxy) is 3. The predicted molar refractivity (Wildman–Crippen MR) is 98.0 cm³/mol. The van der Waals surface area contributed by atoms with Crippen LogP contribution in [0, 0.1) is 0 Å². The Balaban J connectivity index is 2.12. The Morgan fingerprint density at radius 3 is 2.41 bits per heavy atom. The molecule has 5 nitrogen and oxygen atoms in total. The normalized spacial score (nSPS) is 10.8. The Kier molecular flexibility index (Phi) is 7.24. The van der Waals surface area contributed by atoms with Crippen LogP contribution < -0.4 is 19.5 Å². The summed E-state index contributed by atoms with van der Waals surface area (Å²) in [6, 6.07) is 9.23. The molecule has 8 heteroatoms. The number of methoxy groups -OCH3 is 1. The van der Waals surface area contributed by atoms with Crippen LogP contribution in [-0.2, 0) is 6.54 Å². The van der Waals surface area contributed by atoms with Gasteiger partial charge in [-0.25, -0.2) is 0 Å². The largest absolute Gasteiger partial charge is 0.493 e. The number of benzene rings is 2. The van der Waals surface area contributed by atoms with Crippen molar-refractivity contribution in [2.45, 2.75) is 33.1 Å². The Hall–Kier alpha value is -2.54. The van der Waals surface area contributed by atoms with Crippen LogP contribution in [0.15, 0.2) is 36.4 Å². The van der Waals surface area contributed by atoms with Crippen LogP contribution in [0.2, 0.25) is 5.02 Å². The van der Waals surface area contributed by atoms with Crippen molar-refractivity contribution in [3.05, 3.63) is 52.5 Å². The highest BCUT2D eigenvalue weighted by atomic mass is 35.5. The molecule has 2 aromatic carbocycles. The Morgan fingerprint density at radius 1 is 1.07 bits per heavy atom. The number of alkyl halides is 2. The average Bonchev–Trinajstić information content (AvgIpc) is 2.61. The van der Waals surface area contributed by atoms with Gasteiger partial charge in [0.05, 0.1) is 18.8 Å². The molecule has 0 saturated heterocycles. The van der Waals surface area contributed by atoms with Crippen LogP contribution in [0.25, 0.3) is 0 Å². The van der Waals surface area contributed by atoms with Gasteiger partial charge >= 0.3 is 6.61 Å². The molecule has 2 rings (SSSR count). The van der Waals surface area contributed by atoms with E-state index >= 15 is 0 Å². The predicted octanol–water partition coefficient (Wildman–Crippen LogP) is 4.67. The maximum atomic E-state index is 12.5. The third-order valence-electron chi connectivity index (χ3n) is 3.45. The number of rotatable bonds is 8. The Bertz CT molecular complexity index is 799. The van der Waals surface area contributed by atoms with E-state index in [1.165, 1.54) is 25.3 Å². The van der Waals surface area contributed by atoms with Crippen LogP contribution in [0.5, 0.6) is 17.2 Å². The fourth-order valence-corrected chi connectivity index (χ4v) is 2.50. The molecule has 0 aliphatic rings. The van der Waals surface area contributed by atoms with E-state index in [1.54, 1.807) is 18.2 Å². The molecule has 1 amide bonds. The molecule has 1 N–H and O–H groups in total. The molecular formula is C19H20ClF2NO4. The zero-order chi connectivity index (χ0) is 20.0. The molecule has 0 saturated carbocycles. The molecule has 146 valence electrons. The monoisotopic (exact) mass is 399 g/mol. The van der Waals surface area contributed by atoms with Crippen LogP contribution in [0.4, 0.5) is 8.78 Å². The minimum Gasteiger partial charge on any atom is -0.493 e. The number of hydrogen-bond donors (Lipinski definition) is 1. The fourth-order valence-electron chi connectivity index (χ4n) is 2.33. The van der Waals surface area contributed by atoms with Crippen LogP contribution in [-0.4, -0.2) is 25.7 Å². The zero-order valence-corrected chi connectivity index (χ0v) is 15.8. The molecule has 0 aliphatic carbocycles. The highest BCUT2D eigenvalue weighted by molar-refractivity contribution is 6.31. The Morgan fingerprint density at radius 2 is 1.78 bits per heavy atom. The molecule has 0 heterocycles. The van der Waals surface area contributed by atoms with Crippen molar-refractivity contribution >= 4 is 17.5 Å². The van der Waals surface area contributed by atoms with E-state index in [4.69, 9.17) is 21.1 Å². The summed E-state index contributed by atoms with van der Waals surface area (Å²) in [6.07, 6.45) is -0.107. The second-order valence-electron chi connectivity index (χ2n) is 5.85. The smallest absolute Gasteiger partial charge is 0.387 e. The molecule has 2 aromatic rings. The van der Waals surface area contributed by atoms with Crippen LogP contribution in [0.1, 0.15) is 29.8 Å². The highest BCUT2D eigenvalue weighted by Crippen LogP contribution is 2.29. The zero-order valence-electron chi connectivity index (χ0n) is 15.1. The van der Waals surface area contributed by atoms with Gasteiger partial charge in [0, 0.05) is 11.6 Å². The molecule has 0 aliphatic heterocycles. The first-order chi connectivity index (χ1) is 12.8. The minimum atomic E-state index is -2.95. The summed E-state index contributed by atoms with van der Waals surface area (Å²) < 4.78 is 39.8. The molecule has 0 bridgehead atoms. The van der Waals surface area contributed by atoms with Crippen molar-refractivity contribution in [3.8, 4) is 17.2 Å². The van der Waals surface area contributed by atoms with Crippen molar-refractivity contribution < 1.29 is 27.8 Å². The molecule has 27 heavy (non-hydrogen) atoms. The molecule has 0 unspecified atom stereocenters. The summed E-state index contributed by atoms with van der Waals surface area (Å²) in [5.41, 5.74) is 0.955. The van der Waals surface area contributed by atoms with Gasteiger partial charge in [0.1, 0.15) is 5.75 Å². The van der Waals surface area contributed by atoms with E-state index in [-0.39, 0.29) is 30.1 Å². The number of halogens is 3. The second kappa shape index (κ2) is 9.41. The quantitative estimate of drug-likeness (QED) is 0.701. The van der Waals surface area contributed by atoms with E-state index in [0.717, 1.165) is 0 Å². The first-order valence-electron chi connectivity index (χ1n) is 8.16. The lowest BCUT2D eigenvalue weighted by Gasteiger charge is -2.15. The van der Waals surface area contributed by atoms with E-state index in [1.807, 2.05) is 13.8 Å². The van der Waals surface area contributed by atoms with Gasteiger partial charge in [-0.05, 0) is 49.7 Å². The summed E-state index contributed by atoms with van der Waals surface area (Å²) in [5, 5.41) is 3.15. The summed E-state index contributed by atoms with van der Waals surface area (Å²) in [7, 11) is 1.34. The lowest BCUT2D eigenvalue weighted by Crippen LogP contribution is -2.24. The van der Waals surface area contributed by atoms with E-state index < -0.39 is 6.61 Å². The first kappa shape index (κ1) is 20.8. The van der Waals surface area contributed by atoms with Crippen molar-refractivity contribution in [1.29, 1.82) is 0 Å². The third kappa shape index (κ3) is 5.99. The van der Waals surface area contributed by atoms with Crippen molar-refractivity contribution in [2.75, 3.05) is 7.11 Å². The molecule has 0 atom stereocenters. The van der Waals surface area contributed by atoms with E-state index in [2.05, 4.69) is 10.1 Å². The lowest BCUT2D eigenvalue weighted by atomic mass is 10.1. The van der Waals surface area contributed by atoms with Crippen molar-refractivity contribution in [2.24, 2.45) is 0 Å². The van der Waals surface area contributed by atoms with Gasteiger partial charge in [0.25, 0.3) is 5.91 Å². The third-order valence-corrected chi connectivity index (χ3v) is 3.68. The lowest BCUT2D eigenvalue weighted by molar-refractivity contribution is -0.0512. The van der Waals surface area contributed by atoms with Crippen molar-refractivity contribution in [1.82, 2.24) is 5.32 Å². The Labute approximate surface area is 161 Å². The minimum absolute atomic E-state index is 0.0787.